The molecule has 0 aromatic rings. The molecular weight excluding hydrogens is 140 g/mol. The Morgan fingerprint density at radius 3 is 1.11 bits per heavy atom. The molecule has 54 valence electrons. The fraction of sp³-hybridized carbons (Fsp3) is 0.500. The van der Waals surface area contributed by atoms with Crippen molar-refractivity contribution in [2.45, 2.75) is 0 Å². The van der Waals surface area contributed by atoms with Crippen molar-refractivity contribution in [2.75, 3.05) is 13.2 Å². The molecule has 1 heterocycles. The Hall–Kier alpha value is -0.580. The molecule has 0 N–H and O–H groups in total. The maximum Gasteiger partial charge on any atom is 0.334 e. The second-order valence-corrected chi connectivity index (χ2v) is 1.13. The Morgan fingerprint density at radius 2 is 1.11 bits per heavy atom. The minimum absolute atomic E-state index is 1.00. The van der Waals surface area contributed by atoms with Crippen LogP contribution in [0.25, 0.3) is 0 Å². The van der Waals surface area contributed by atoms with Crippen LogP contribution in [0.4, 0.5) is 17.6 Å². The summed E-state index contributed by atoms with van der Waals surface area (Å²) >= 11 is 0. The topological polar surface area (TPSA) is 12.5 Å². The number of rotatable bonds is 0. The van der Waals surface area contributed by atoms with Crippen LogP contribution in [0.2, 0.25) is 0 Å². The Labute approximate surface area is 48.9 Å². The Kier molecular flexibility index (Phi) is 4.04. The van der Waals surface area contributed by atoms with Crippen LogP contribution >= 0.6 is 0 Å². The lowest BCUT2D eigenvalue weighted by Crippen LogP contribution is -1.56. The predicted molar refractivity (Wildman–Crippen MR) is 22.3 cm³/mol. The molecule has 0 atom stereocenters. The summed E-state index contributed by atoms with van der Waals surface area (Å²) < 4.78 is 45.6. The van der Waals surface area contributed by atoms with E-state index < -0.39 is 12.2 Å². The van der Waals surface area contributed by atoms with Crippen molar-refractivity contribution >= 4 is 0 Å². The standard InChI is InChI=1S/C2F4.C2H4O/c3-1(4)2(5)6;1-2-3-1/h;1-2H2. The number of hydrogen-bond donors (Lipinski definition) is 0. The molecule has 0 unspecified atom stereocenters. The maximum absolute atomic E-state index is 10.3. The number of halogens is 4. The molecule has 0 aromatic heterocycles. The van der Waals surface area contributed by atoms with Crippen molar-refractivity contribution in [1.82, 2.24) is 0 Å². The van der Waals surface area contributed by atoms with Gasteiger partial charge < -0.3 is 4.74 Å². The summed E-state index contributed by atoms with van der Waals surface area (Å²) in [4.78, 5) is 0. The van der Waals surface area contributed by atoms with E-state index in [1.807, 2.05) is 0 Å². The molecule has 1 saturated heterocycles. The fourth-order valence-electron chi connectivity index (χ4n) is 0. The fourth-order valence-corrected chi connectivity index (χ4v) is 0. The maximum atomic E-state index is 10.3. The van der Waals surface area contributed by atoms with Gasteiger partial charge in [0.05, 0.1) is 13.2 Å². The summed E-state index contributed by atoms with van der Waals surface area (Å²) in [6, 6.07) is 0. The molecule has 0 spiro atoms. The average Bonchev–Trinajstić information content (AvgIpc) is 2.46. The third-order valence-electron chi connectivity index (χ3n) is 0.347. The van der Waals surface area contributed by atoms with Gasteiger partial charge in [0.15, 0.2) is 0 Å². The highest BCUT2D eigenvalue weighted by atomic mass is 19.3. The highest BCUT2D eigenvalue weighted by Crippen LogP contribution is 2.08. The zero-order valence-electron chi connectivity index (χ0n) is 4.33. The van der Waals surface area contributed by atoms with Crippen molar-refractivity contribution in [3.8, 4) is 0 Å². The van der Waals surface area contributed by atoms with E-state index >= 15 is 0 Å². The van der Waals surface area contributed by atoms with Gasteiger partial charge in [0.1, 0.15) is 0 Å². The number of epoxide rings is 1. The molecule has 1 aliphatic rings. The Morgan fingerprint density at radius 1 is 0.889 bits per heavy atom. The van der Waals surface area contributed by atoms with Crippen molar-refractivity contribution < 1.29 is 22.3 Å². The second-order valence-electron chi connectivity index (χ2n) is 1.13. The van der Waals surface area contributed by atoms with Gasteiger partial charge in [0, 0.05) is 0 Å². The smallest absolute Gasteiger partial charge is 0.334 e. The van der Waals surface area contributed by atoms with Crippen molar-refractivity contribution in [3.63, 3.8) is 0 Å². The number of hydrogen-bond acceptors (Lipinski definition) is 1. The molecule has 1 rings (SSSR count). The quantitative estimate of drug-likeness (QED) is 0.374. The molecular formula is C4H4F4O. The van der Waals surface area contributed by atoms with Gasteiger partial charge in [-0.05, 0) is 0 Å². The van der Waals surface area contributed by atoms with E-state index in [2.05, 4.69) is 4.74 Å². The molecule has 0 aliphatic carbocycles. The lowest BCUT2D eigenvalue weighted by Gasteiger charge is -1.69. The first kappa shape index (κ1) is 8.42. The molecule has 0 radical (unpaired) electrons. The highest BCUT2D eigenvalue weighted by Gasteiger charge is 1.98. The largest absolute Gasteiger partial charge is 0.377 e. The van der Waals surface area contributed by atoms with Gasteiger partial charge in [-0.2, -0.15) is 17.6 Å². The van der Waals surface area contributed by atoms with Crippen molar-refractivity contribution in [1.29, 1.82) is 0 Å². The van der Waals surface area contributed by atoms with E-state index in [-0.39, 0.29) is 0 Å². The minimum atomic E-state index is -2.91. The molecule has 5 heteroatoms. The molecule has 1 fully saturated rings. The third kappa shape index (κ3) is 11.2. The van der Waals surface area contributed by atoms with Gasteiger partial charge in [-0.25, -0.2) is 0 Å². The van der Waals surface area contributed by atoms with Crippen LogP contribution in [0, 0.1) is 0 Å². The van der Waals surface area contributed by atoms with E-state index in [1.165, 1.54) is 0 Å². The summed E-state index contributed by atoms with van der Waals surface area (Å²) in [5, 5.41) is 0. The van der Waals surface area contributed by atoms with Gasteiger partial charge in [-0.15, -0.1) is 0 Å². The van der Waals surface area contributed by atoms with E-state index in [4.69, 9.17) is 0 Å². The van der Waals surface area contributed by atoms with E-state index in [1.54, 1.807) is 0 Å². The zero-order valence-corrected chi connectivity index (χ0v) is 4.33. The molecule has 0 amide bonds. The van der Waals surface area contributed by atoms with Crippen LogP contribution in [-0.2, 0) is 4.74 Å². The molecule has 0 aromatic carbocycles. The summed E-state index contributed by atoms with van der Waals surface area (Å²) in [5.74, 6) is 0. The summed E-state index contributed by atoms with van der Waals surface area (Å²) in [7, 11) is 0. The van der Waals surface area contributed by atoms with E-state index in [0.717, 1.165) is 13.2 Å². The molecule has 1 aliphatic heterocycles. The van der Waals surface area contributed by atoms with Crippen molar-refractivity contribution in [3.05, 3.63) is 12.2 Å². The Bertz CT molecular complexity index is 88.4. The van der Waals surface area contributed by atoms with Gasteiger partial charge >= 0.3 is 12.2 Å². The van der Waals surface area contributed by atoms with Crippen LogP contribution in [0.3, 0.4) is 0 Å². The first-order valence-electron chi connectivity index (χ1n) is 2.08. The van der Waals surface area contributed by atoms with Gasteiger partial charge in [-0.1, -0.05) is 0 Å². The molecule has 0 bridgehead atoms. The average molecular weight is 144 g/mol. The SMILES string of the molecule is C1CO1.FC(F)=C(F)F. The summed E-state index contributed by atoms with van der Waals surface area (Å²) in [5.41, 5.74) is 0. The van der Waals surface area contributed by atoms with Crippen LogP contribution in [0.15, 0.2) is 12.2 Å². The van der Waals surface area contributed by atoms with Crippen LogP contribution in [-0.4, -0.2) is 13.2 Å². The molecule has 1 nitrogen and oxygen atoms in total. The molecule has 9 heavy (non-hydrogen) atoms. The Balaban J connectivity index is 0.000000173. The number of ether oxygens (including phenoxy) is 1. The molecule has 0 saturated carbocycles. The van der Waals surface area contributed by atoms with Crippen LogP contribution in [0.5, 0.6) is 0 Å². The van der Waals surface area contributed by atoms with Crippen LogP contribution < -0.4 is 0 Å². The monoisotopic (exact) mass is 144 g/mol. The minimum Gasteiger partial charge on any atom is -0.377 e. The highest BCUT2D eigenvalue weighted by molar-refractivity contribution is 4.77. The zero-order chi connectivity index (χ0) is 7.28. The first-order valence-corrected chi connectivity index (χ1v) is 2.08. The van der Waals surface area contributed by atoms with Gasteiger partial charge in [-0.3, -0.25) is 0 Å². The van der Waals surface area contributed by atoms with E-state index in [0.29, 0.717) is 0 Å². The second kappa shape index (κ2) is 4.31. The summed E-state index contributed by atoms with van der Waals surface area (Å²) in [6.07, 6.45) is -5.81. The first-order chi connectivity index (χ1) is 4.14. The van der Waals surface area contributed by atoms with E-state index in [9.17, 15) is 17.6 Å². The summed E-state index contributed by atoms with van der Waals surface area (Å²) in [6.45, 7) is 2.00. The third-order valence-corrected chi connectivity index (χ3v) is 0.347. The van der Waals surface area contributed by atoms with Gasteiger partial charge in [0.2, 0.25) is 0 Å². The van der Waals surface area contributed by atoms with Crippen LogP contribution in [0.1, 0.15) is 0 Å². The van der Waals surface area contributed by atoms with Crippen molar-refractivity contribution in [2.24, 2.45) is 0 Å². The normalized spacial score (nSPS) is 13.3. The van der Waals surface area contributed by atoms with Gasteiger partial charge in [0.25, 0.3) is 0 Å². The predicted octanol–water partition coefficient (Wildman–Crippen LogP) is 2.01. The lowest BCUT2D eigenvalue weighted by molar-refractivity contribution is 0.308. The lowest BCUT2D eigenvalue weighted by atomic mass is 11.0.